The van der Waals surface area contributed by atoms with E-state index < -0.39 is 0 Å². The highest BCUT2D eigenvalue weighted by Crippen LogP contribution is 2.17. The Bertz CT molecular complexity index is 268. The zero-order chi connectivity index (χ0) is 7.40. The molecule has 10 heavy (non-hydrogen) atoms. The van der Waals surface area contributed by atoms with E-state index in [9.17, 15) is 0 Å². The molecule has 0 saturated heterocycles. The van der Waals surface area contributed by atoms with Gasteiger partial charge < -0.3 is 5.11 Å². The number of aliphatic hydroxyl groups is 1. The Morgan fingerprint density at radius 1 is 1.80 bits per heavy atom. The molecule has 0 amide bonds. The number of aliphatic hydroxyl groups excluding tert-OH is 1. The van der Waals surface area contributed by atoms with Crippen LogP contribution in [0.1, 0.15) is 4.88 Å². The van der Waals surface area contributed by atoms with E-state index in [1.807, 2.05) is 17.5 Å². The molecule has 0 unspecified atom stereocenters. The molecule has 0 aliphatic rings. The van der Waals surface area contributed by atoms with Crippen LogP contribution in [0.25, 0.3) is 5.57 Å². The number of allylic oxidation sites excluding steroid dienone is 1. The third-order valence-electron chi connectivity index (χ3n) is 1.04. The molecule has 1 aromatic rings. The molecule has 1 heterocycles. The molecule has 1 rings (SSSR count). The second-order valence-electron chi connectivity index (χ2n) is 1.63. The molecule has 0 spiro atoms. The van der Waals surface area contributed by atoms with Crippen molar-refractivity contribution in [1.82, 2.24) is 0 Å². The molecule has 0 atom stereocenters. The lowest BCUT2D eigenvalue weighted by Gasteiger charge is -1.86. The minimum atomic E-state index is 0.315. The van der Waals surface area contributed by atoms with Crippen molar-refractivity contribution in [2.75, 3.05) is 0 Å². The molecule has 0 radical (unpaired) electrons. The van der Waals surface area contributed by atoms with Crippen LogP contribution in [-0.2, 0) is 0 Å². The average Bonchev–Trinajstić information content (AvgIpc) is 2.43. The van der Waals surface area contributed by atoms with E-state index in [4.69, 9.17) is 10.4 Å². The molecule has 2 nitrogen and oxygen atoms in total. The zero-order valence-electron chi connectivity index (χ0n) is 5.11. The van der Waals surface area contributed by atoms with E-state index >= 15 is 0 Å². The van der Waals surface area contributed by atoms with E-state index in [1.165, 1.54) is 11.3 Å². The van der Waals surface area contributed by atoms with Gasteiger partial charge in [-0.15, -0.1) is 11.3 Å². The second-order valence-corrected chi connectivity index (χ2v) is 2.58. The fraction of sp³-hybridized carbons (Fsp3) is 0. The monoisotopic (exact) mass is 151 g/mol. The lowest BCUT2D eigenvalue weighted by Crippen LogP contribution is -1.71. The highest BCUT2D eigenvalue weighted by molar-refractivity contribution is 7.11. The minimum absolute atomic E-state index is 0.315. The van der Waals surface area contributed by atoms with Crippen molar-refractivity contribution in [3.63, 3.8) is 0 Å². The molecular formula is C7H5NOS. The summed E-state index contributed by atoms with van der Waals surface area (Å²) in [6.45, 7) is 0. The molecule has 0 saturated carbocycles. The maximum Gasteiger partial charge on any atom is 0.104 e. The van der Waals surface area contributed by atoms with Crippen LogP contribution in [-0.4, -0.2) is 5.11 Å². The highest BCUT2D eigenvalue weighted by atomic mass is 32.1. The number of hydrogen-bond donors (Lipinski definition) is 1. The standard InChI is InChI=1S/C7H5NOS/c8-4-6(5-9)7-2-1-3-10-7/h1-3,5,9H/b6-5-. The smallest absolute Gasteiger partial charge is 0.104 e. The minimum Gasteiger partial charge on any atom is -0.514 e. The summed E-state index contributed by atoms with van der Waals surface area (Å²) in [4.78, 5) is 0.796. The average molecular weight is 151 g/mol. The van der Waals surface area contributed by atoms with Gasteiger partial charge >= 0.3 is 0 Å². The zero-order valence-corrected chi connectivity index (χ0v) is 5.93. The van der Waals surface area contributed by atoms with Crippen LogP contribution in [0.15, 0.2) is 23.8 Å². The molecule has 0 aromatic carbocycles. The SMILES string of the molecule is N#C/C(=C/O)c1cccs1. The van der Waals surface area contributed by atoms with Gasteiger partial charge in [-0.3, -0.25) is 0 Å². The van der Waals surface area contributed by atoms with Gasteiger partial charge in [0.25, 0.3) is 0 Å². The van der Waals surface area contributed by atoms with Gasteiger partial charge in [-0.1, -0.05) is 6.07 Å². The van der Waals surface area contributed by atoms with Crippen molar-refractivity contribution in [2.45, 2.75) is 0 Å². The van der Waals surface area contributed by atoms with E-state index in [-0.39, 0.29) is 0 Å². The van der Waals surface area contributed by atoms with Crippen LogP contribution in [0, 0.1) is 11.3 Å². The number of rotatable bonds is 1. The Balaban J connectivity index is 2.99. The Morgan fingerprint density at radius 2 is 2.60 bits per heavy atom. The second kappa shape index (κ2) is 3.04. The van der Waals surface area contributed by atoms with Gasteiger partial charge in [0, 0.05) is 4.88 Å². The van der Waals surface area contributed by atoms with Crippen LogP contribution in [0.2, 0.25) is 0 Å². The van der Waals surface area contributed by atoms with Crippen molar-refractivity contribution >= 4 is 16.9 Å². The predicted molar refractivity (Wildman–Crippen MR) is 40.5 cm³/mol. The van der Waals surface area contributed by atoms with Crippen LogP contribution < -0.4 is 0 Å². The summed E-state index contributed by atoms with van der Waals surface area (Å²) in [6.07, 6.45) is 0.825. The fourth-order valence-electron chi connectivity index (χ4n) is 0.579. The highest BCUT2D eigenvalue weighted by Gasteiger charge is 1.98. The first-order valence-electron chi connectivity index (χ1n) is 2.67. The summed E-state index contributed by atoms with van der Waals surface area (Å²) in [6, 6.07) is 5.50. The first-order valence-corrected chi connectivity index (χ1v) is 3.55. The first-order chi connectivity index (χ1) is 4.88. The Labute approximate surface area is 62.7 Å². The Morgan fingerprint density at radius 3 is 3.00 bits per heavy atom. The van der Waals surface area contributed by atoms with Crippen molar-refractivity contribution in [2.24, 2.45) is 0 Å². The van der Waals surface area contributed by atoms with Crippen molar-refractivity contribution in [1.29, 1.82) is 5.26 Å². The fourth-order valence-corrected chi connectivity index (χ4v) is 1.27. The molecule has 0 bridgehead atoms. The van der Waals surface area contributed by atoms with Crippen LogP contribution >= 0.6 is 11.3 Å². The van der Waals surface area contributed by atoms with Crippen molar-refractivity contribution < 1.29 is 5.11 Å². The van der Waals surface area contributed by atoms with Gasteiger partial charge in [-0.2, -0.15) is 5.26 Å². The predicted octanol–water partition coefficient (Wildman–Crippen LogP) is 2.17. The summed E-state index contributed by atoms with van der Waals surface area (Å²) in [5, 5.41) is 18.8. The summed E-state index contributed by atoms with van der Waals surface area (Å²) < 4.78 is 0. The van der Waals surface area contributed by atoms with E-state index in [0.717, 1.165) is 11.1 Å². The molecule has 0 fully saturated rings. The third kappa shape index (κ3) is 1.17. The lowest BCUT2D eigenvalue weighted by atomic mass is 10.3. The summed E-state index contributed by atoms with van der Waals surface area (Å²) in [5.74, 6) is 0. The van der Waals surface area contributed by atoms with E-state index in [0.29, 0.717) is 5.57 Å². The summed E-state index contributed by atoms with van der Waals surface area (Å²) in [5.41, 5.74) is 0.315. The number of nitriles is 1. The maximum atomic E-state index is 8.52. The van der Waals surface area contributed by atoms with Crippen molar-refractivity contribution in [3.8, 4) is 6.07 Å². The van der Waals surface area contributed by atoms with Gasteiger partial charge in [0.05, 0.1) is 6.26 Å². The van der Waals surface area contributed by atoms with Crippen LogP contribution in [0.5, 0.6) is 0 Å². The van der Waals surface area contributed by atoms with Gasteiger partial charge in [0.15, 0.2) is 0 Å². The number of thiophene rings is 1. The van der Waals surface area contributed by atoms with Gasteiger partial charge in [-0.25, -0.2) is 0 Å². The largest absolute Gasteiger partial charge is 0.514 e. The normalized spacial score (nSPS) is 10.9. The topological polar surface area (TPSA) is 44.0 Å². The van der Waals surface area contributed by atoms with Crippen LogP contribution in [0.4, 0.5) is 0 Å². The van der Waals surface area contributed by atoms with Crippen molar-refractivity contribution in [3.05, 3.63) is 28.7 Å². The Kier molecular flexibility index (Phi) is 2.08. The summed E-state index contributed by atoms with van der Waals surface area (Å²) >= 11 is 1.43. The maximum absolute atomic E-state index is 8.52. The lowest BCUT2D eigenvalue weighted by molar-refractivity contribution is 0.476. The number of hydrogen-bond acceptors (Lipinski definition) is 3. The number of nitrogens with zero attached hydrogens (tertiary/aromatic N) is 1. The first kappa shape index (κ1) is 6.84. The van der Waals surface area contributed by atoms with Crippen LogP contribution in [0.3, 0.4) is 0 Å². The third-order valence-corrected chi connectivity index (χ3v) is 1.94. The molecule has 0 aliphatic heterocycles. The molecule has 1 N–H and O–H groups in total. The molecule has 0 aliphatic carbocycles. The Hall–Kier alpha value is -1.27. The van der Waals surface area contributed by atoms with Gasteiger partial charge in [-0.05, 0) is 11.4 Å². The quantitative estimate of drug-likeness (QED) is 0.493. The van der Waals surface area contributed by atoms with Gasteiger partial charge in [0.2, 0.25) is 0 Å². The molecular weight excluding hydrogens is 146 g/mol. The molecule has 3 heteroatoms. The molecule has 1 aromatic heterocycles. The van der Waals surface area contributed by atoms with E-state index in [1.54, 1.807) is 6.07 Å². The molecule has 50 valence electrons. The van der Waals surface area contributed by atoms with Gasteiger partial charge in [0.1, 0.15) is 11.6 Å². The summed E-state index contributed by atoms with van der Waals surface area (Å²) in [7, 11) is 0. The van der Waals surface area contributed by atoms with E-state index in [2.05, 4.69) is 0 Å².